The SMILES string of the molecule is CCNC(=O)OC(O)COCC#CI. The van der Waals surface area contributed by atoms with Crippen LogP contribution in [0.1, 0.15) is 6.92 Å². The third-order valence-electron chi connectivity index (χ3n) is 1.07. The number of nitrogens with one attached hydrogen (secondary N) is 1. The summed E-state index contributed by atoms with van der Waals surface area (Å²) in [5.41, 5.74) is 0. The Kier molecular flexibility index (Phi) is 8.72. The van der Waals surface area contributed by atoms with Gasteiger partial charge in [0.1, 0.15) is 13.2 Å². The molecule has 0 heterocycles. The van der Waals surface area contributed by atoms with E-state index in [-0.39, 0.29) is 13.2 Å². The van der Waals surface area contributed by atoms with Crippen LogP contribution < -0.4 is 5.32 Å². The third kappa shape index (κ3) is 8.10. The topological polar surface area (TPSA) is 67.8 Å². The molecule has 0 spiro atoms. The minimum absolute atomic E-state index is 0.0809. The molecule has 0 aliphatic heterocycles. The van der Waals surface area contributed by atoms with E-state index in [1.165, 1.54) is 0 Å². The molecule has 6 heteroatoms. The molecule has 5 nitrogen and oxygen atoms in total. The summed E-state index contributed by atoms with van der Waals surface area (Å²) < 4.78 is 12.0. The molecule has 1 amide bonds. The molecule has 14 heavy (non-hydrogen) atoms. The number of ether oxygens (including phenoxy) is 2. The number of hydrogen-bond donors (Lipinski definition) is 2. The first kappa shape index (κ1) is 13.5. The van der Waals surface area contributed by atoms with Crippen molar-refractivity contribution < 1.29 is 19.4 Å². The highest BCUT2D eigenvalue weighted by Crippen LogP contribution is 1.89. The second kappa shape index (κ2) is 9.05. The predicted octanol–water partition coefficient (Wildman–Crippen LogP) is 0.463. The van der Waals surface area contributed by atoms with E-state index in [1.807, 2.05) is 22.6 Å². The van der Waals surface area contributed by atoms with Crippen LogP contribution in [0, 0.1) is 9.85 Å². The van der Waals surface area contributed by atoms with Gasteiger partial charge in [-0.2, -0.15) is 0 Å². The zero-order valence-corrected chi connectivity index (χ0v) is 9.91. The number of aliphatic hydroxyl groups excluding tert-OH is 1. The van der Waals surface area contributed by atoms with E-state index in [1.54, 1.807) is 6.92 Å². The molecule has 1 unspecified atom stereocenters. The van der Waals surface area contributed by atoms with Crippen LogP contribution in [-0.4, -0.2) is 37.2 Å². The number of carbonyl (C=O) groups excluding carboxylic acids is 1. The quantitative estimate of drug-likeness (QED) is 0.335. The van der Waals surface area contributed by atoms with Crippen molar-refractivity contribution in [3.05, 3.63) is 0 Å². The van der Waals surface area contributed by atoms with E-state index in [2.05, 4.69) is 19.9 Å². The van der Waals surface area contributed by atoms with Crippen molar-refractivity contribution in [3.8, 4) is 9.85 Å². The summed E-state index contributed by atoms with van der Waals surface area (Å²) in [6, 6.07) is 0. The van der Waals surface area contributed by atoms with Crippen LogP contribution in [0.4, 0.5) is 4.79 Å². The molecule has 2 N–H and O–H groups in total. The molecule has 0 bridgehead atoms. The number of rotatable bonds is 5. The fourth-order valence-electron chi connectivity index (χ4n) is 0.582. The zero-order chi connectivity index (χ0) is 10.8. The molecule has 0 saturated carbocycles. The summed E-state index contributed by atoms with van der Waals surface area (Å²) in [5.74, 6) is 2.63. The number of amides is 1. The number of carbonyl (C=O) groups is 1. The lowest BCUT2D eigenvalue weighted by molar-refractivity contribution is -0.0952. The number of aliphatic hydroxyl groups is 1. The number of halogens is 1. The Morgan fingerprint density at radius 1 is 1.71 bits per heavy atom. The molecular formula is C8H12INO4. The monoisotopic (exact) mass is 313 g/mol. The summed E-state index contributed by atoms with van der Waals surface area (Å²) in [7, 11) is 0. The molecule has 0 aromatic heterocycles. The van der Waals surface area contributed by atoms with Gasteiger partial charge in [-0.1, -0.05) is 5.92 Å². The molecule has 0 rings (SSSR count). The molecule has 0 aromatic rings. The number of alkyl carbamates (subject to hydrolysis) is 1. The average Bonchev–Trinajstić information content (AvgIpc) is 2.13. The van der Waals surface area contributed by atoms with E-state index in [0.717, 1.165) is 0 Å². The molecule has 0 aliphatic carbocycles. The molecule has 0 saturated heterocycles. The van der Waals surface area contributed by atoms with E-state index in [4.69, 9.17) is 9.84 Å². The van der Waals surface area contributed by atoms with Crippen molar-refractivity contribution in [2.45, 2.75) is 13.2 Å². The van der Waals surface area contributed by atoms with E-state index in [0.29, 0.717) is 6.54 Å². The van der Waals surface area contributed by atoms with Crippen molar-refractivity contribution in [1.29, 1.82) is 0 Å². The van der Waals surface area contributed by atoms with Crippen molar-refractivity contribution in [3.63, 3.8) is 0 Å². The highest BCUT2D eigenvalue weighted by Gasteiger charge is 2.09. The second-order valence-corrected chi connectivity index (χ2v) is 2.72. The van der Waals surface area contributed by atoms with E-state index in [9.17, 15) is 4.79 Å². The van der Waals surface area contributed by atoms with Crippen LogP contribution in [-0.2, 0) is 9.47 Å². The normalized spacial score (nSPS) is 11.1. The Morgan fingerprint density at radius 3 is 3.00 bits per heavy atom. The van der Waals surface area contributed by atoms with Gasteiger partial charge < -0.3 is 19.9 Å². The first-order chi connectivity index (χ1) is 6.70. The summed E-state index contributed by atoms with van der Waals surface area (Å²) >= 11 is 1.88. The first-order valence-electron chi connectivity index (χ1n) is 3.99. The lowest BCUT2D eigenvalue weighted by atomic mass is 10.6. The molecule has 0 aromatic carbocycles. The van der Waals surface area contributed by atoms with Gasteiger partial charge in [0.2, 0.25) is 6.29 Å². The summed E-state index contributed by atoms with van der Waals surface area (Å²) in [4.78, 5) is 10.8. The Morgan fingerprint density at radius 2 is 2.43 bits per heavy atom. The fourth-order valence-corrected chi connectivity index (χ4v) is 0.737. The van der Waals surface area contributed by atoms with E-state index < -0.39 is 12.4 Å². The van der Waals surface area contributed by atoms with Gasteiger partial charge >= 0.3 is 6.09 Å². The Hall–Kier alpha value is -0.520. The molecular weight excluding hydrogens is 301 g/mol. The van der Waals surface area contributed by atoms with Gasteiger partial charge in [-0.05, 0) is 10.9 Å². The lowest BCUT2D eigenvalue weighted by Gasteiger charge is -2.11. The molecule has 0 aliphatic rings. The fraction of sp³-hybridized carbons (Fsp3) is 0.625. The Balaban J connectivity index is 3.47. The second-order valence-electron chi connectivity index (χ2n) is 2.18. The van der Waals surface area contributed by atoms with Gasteiger partial charge in [0, 0.05) is 29.1 Å². The van der Waals surface area contributed by atoms with Gasteiger partial charge in [-0.3, -0.25) is 0 Å². The van der Waals surface area contributed by atoms with Gasteiger partial charge in [-0.15, -0.1) is 0 Å². The van der Waals surface area contributed by atoms with Crippen molar-refractivity contribution in [2.75, 3.05) is 19.8 Å². The minimum Gasteiger partial charge on any atom is -0.417 e. The summed E-state index contributed by atoms with van der Waals surface area (Å²) in [5, 5.41) is 11.5. The van der Waals surface area contributed by atoms with Crippen molar-refractivity contribution in [2.24, 2.45) is 0 Å². The van der Waals surface area contributed by atoms with Crippen LogP contribution in [0.5, 0.6) is 0 Å². The van der Waals surface area contributed by atoms with Gasteiger partial charge in [0.05, 0.1) is 0 Å². The van der Waals surface area contributed by atoms with Crippen LogP contribution in [0.25, 0.3) is 0 Å². The molecule has 0 fully saturated rings. The molecule has 0 radical (unpaired) electrons. The van der Waals surface area contributed by atoms with Crippen molar-refractivity contribution in [1.82, 2.24) is 5.32 Å². The van der Waals surface area contributed by atoms with Gasteiger partial charge in [0.15, 0.2) is 0 Å². The predicted molar refractivity (Wildman–Crippen MR) is 58.8 cm³/mol. The Labute approximate surface area is 96.3 Å². The highest BCUT2D eigenvalue weighted by atomic mass is 127. The number of hydrogen-bond acceptors (Lipinski definition) is 4. The van der Waals surface area contributed by atoms with Gasteiger partial charge in [0.25, 0.3) is 0 Å². The van der Waals surface area contributed by atoms with Gasteiger partial charge in [-0.25, -0.2) is 4.79 Å². The third-order valence-corrected chi connectivity index (χ3v) is 1.45. The summed E-state index contributed by atoms with van der Waals surface area (Å²) in [6.45, 7) is 2.33. The van der Waals surface area contributed by atoms with Crippen LogP contribution >= 0.6 is 22.6 Å². The maximum atomic E-state index is 10.8. The Bertz CT molecular complexity index is 223. The van der Waals surface area contributed by atoms with Crippen molar-refractivity contribution >= 4 is 28.7 Å². The van der Waals surface area contributed by atoms with Crippen LogP contribution in [0.15, 0.2) is 0 Å². The van der Waals surface area contributed by atoms with Crippen LogP contribution in [0.3, 0.4) is 0 Å². The maximum absolute atomic E-state index is 10.8. The molecule has 80 valence electrons. The standard InChI is InChI=1S/C8H12INO4/c1-2-10-8(12)14-7(11)6-13-5-3-4-9/h7,11H,2,5-6H2,1H3,(H,10,12). The molecule has 1 atom stereocenters. The first-order valence-corrected chi connectivity index (χ1v) is 5.07. The smallest absolute Gasteiger partial charge is 0.409 e. The largest absolute Gasteiger partial charge is 0.417 e. The van der Waals surface area contributed by atoms with E-state index >= 15 is 0 Å². The highest BCUT2D eigenvalue weighted by molar-refractivity contribution is 14.1. The summed E-state index contributed by atoms with van der Waals surface area (Å²) in [6.07, 6.45) is -1.92. The zero-order valence-electron chi connectivity index (χ0n) is 7.75. The lowest BCUT2D eigenvalue weighted by Crippen LogP contribution is -2.31. The average molecular weight is 313 g/mol. The minimum atomic E-state index is -1.25. The van der Waals surface area contributed by atoms with Crippen LogP contribution in [0.2, 0.25) is 0 Å². The maximum Gasteiger partial charge on any atom is 0.409 e.